The van der Waals surface area contributed by atoms with Crippen LogP contribution in [0.25, 0.3) is 33.5 Å². The number of para-hydroxylation sites is 1. The van der Waals surface area contributed by atoms with Crippen molar-refractivity contribution < 1.29 is 14.3 Å². The molecule has 1 amide bonds. The Kier molecular flexibility index (Phi) is 7.54. The van der Waals surface area contributed by atoms with Gasteiger partial charge in [0.25, 0.3) is 5.91 Å². The number of methoxy groups -OCH3 is 1. The lowest BCUT2D eigenvalue weighted by atomic mass is 9.83. The molecule has 4 aliphatic rings. The van der Waals surface area contributed by atoms with Crippen LogP contribution >= 0.6 is 0 Å². The molecule has 1 aliphatic heterocycles. The molecule has 0 spiro atoms. The number of nitriles is 1. The molecule has 5 atom stereocenters. The summed E-state index contributed by atoms with van der Waals surface area (Å²) in [6, 6.07) is 23.8. The van der Waals surface area contributed by atoms with Gasteiger partial charge in [0.15, 0.2) is 11.6 Å². The molecule has 9 nitrogen and oxygen atoms in total. The lowest BCUT2D eigenvalue weighted by molar-refractivity contribution is 0.0785. The normalized spacial score (nSPS) is 24.3. The third-order valence-electron chi connectivity index (χ3n) is 12.1. The van der Waals surface area contributed by atoms with Crippen molar-refractivity contribution in [2.24, 2.45) is 35.3 Å². The van der Waals surface area contributed by atoms with Crippen LogP contribution in [0.4, 0.5) is 0 Å². The van der Waals surface area contributed by atoms with Crippen LogP contribution in [0.5, 0.6) is 5.75 Å². The number of ether oxygens (including phenoxy) is 1. The number of carbonyl (C=O) groups excluding carboxylic acids is 2. The minimum Gasteiger partial charge on any atom is -0.494 e. The van der Waals surface area contributed by atoms with Gasteiger partial charge in [0.2, 0.25) is 0 Å². The van der Waals surface area contributed by atoms with Gasteiger partial charge in [-0.25, -0.2) is 4.98 Å². The monoisotopic (exact) mass is 666 g/mol. The van der Waals surface area contributed by atoms with Crippen molar-refractivity contribution in [2.75, 3.05) is 20.2 Å². The van der Waals surface area contributed by atoms with E-state index in [2.05, 4.69) is 45.5 Å². The number of likely N-dealkylation sites (tertiary alicyclic amines) is 1. The van der Waals surface area contributed by atoms with E-state index in [0.717, 1.165) is 54.8 Å². The molecule has 9 rings (SSSR count). The standard InChI is InChI=1S/C41H42N6O3/c1-50-36-19-30(39(48)32-16-29-12-13-31(32)37(29)43)17-33-38(36)47(23-26-14-15-45(21-26)41(49)27-10-8-24(20-42)9-11-27)40(44-33)35-18-28-4-2-3-5-34(28)46(35)22-25-6-7-25/h2-5,8-11,17-19,25-26,29,31-32,37H,6-7,12-16,21-23,43H2,1H3/t26-,29-,31-,32?,37-/m1/s1. The number of imidazole rings is 1. The summed E-state index contributed by atoms with van der Waals surface area (Å²) in [5.74, 6) is 3.13. The number of fused-ring (bicyclic) bond motifs is 4. The highest BCUT2D eigenvalue weighted by Crippen LogP contribution is 2.49. The number of amides is 1. The maximum absolute atomic E-state index is 14.1. The third-order valence-corrected chi connectivity index (χ3v) is 12.1. The molecule has 0 radical (unpaired) electrons. The number of nitrogens with two attached hydrogens (primary N) is 1. The highest BCUT2D eigenvalue weighted by Gasteiger charge is 2.49. The Bertz CT molecular complexity index is 2190. The Hall–Kier alpha value is -4.94. The van der Waals surface area contributed by atoms with E-state index in [1.54, 1.807) is 31.4 Å². The molecule has 9 heteroatoms. The minimum absolute atomic E-state index is 0.0154. The quantitative estimate of drug-likeness (QED) is 0.176. The zero-order valence-corrected chi connectivity index (χ0v) is 28.4. The van der Waals surface area contributed by atoms with Crippen LogP contribution in [0.3, 0.4) is 0 Å². The van der Waals surface area contributed by atoms with E-state index >= 15 is 0 Å². The molecule has 2 aromatic heterocycles. The first-order valence-corrected chi connectivity index (χ1v) is 18.2. The summed E-state index contributed by atoms with van der Waals surface area (Å²) < 4.78 is 10.8. The number of Topliss-reactive ketones (excluding diaryl/α,β-unsaturated/α-hetero) is 1. The SMILES string of the molecule is COc1cc(C(=O)C2C[C@H]3CC[C@H]2[C@@H]3N)cc2nc(-c3cc4ccccc4n3CC3CC3)n(C[C@@H]3CCN(C(=O)c4ccc(C#N)cc4)C3)c12. The number of carbonyl (C=O) groups is 2. The van der Waals surface area contributed by atoms with Gasteiger partial charge >= 0.3 is 0 Å². The Morgan fingerprint density at radius 2 is 1.74 bits per heavy atom. The first-order chi connectivity index (χ1) is 24.4. The van der Waals surface area contributed by atoms with Gasteiger partial charge in [-0.05, 0) is 111 Å². The average Bonchev–Trinajstić information content (AvgIpc) is 3.45. The highest BCUT2D eigenvalue weighted by atomic mass is 16.5. The van der Waals surface area contributed by atoms with Gasteiger partial charge < -0.3 is 24.5 Å². The second-order valence-electron chi connectivity index (χ2n) is 15.1. The van der Waals surface area contributed by atoms with Crippen molar-refractivity contribution >= 4 is 33.6 Å². The lowest BCUT2D eigenvalue weighted by Crippen LogP contribution is -2.29. The van der Waals surface area contributed by atoms with Gasteiger partial charge in [0.05, 0.1) is 30.0 Å². The Labute approximate surface area is 291 Å². The molecule has 1 saturated heterocycles. The van der Waals surface area contributed by atoms with E-state index < -0.39 is 0 Å². The second kappa shape index (κ2) is 12.1. The van der Waals surface area contributed by atoms with Gasteiger partial charge in [-0.2, -0.15) is 5.26 Å². The van der Waals surface area contributed by atoms with Crippen LogP contribution in [0.15, 0.2) is 66.7 Å². The number of hydrogen-bond donors (Lipinski definition) is 1. The van der Waals surface area contributed by atoms with Crippen molar-refractivity contribution in [3.05, 3.63) is 83.4 Å². The first-order valence-electron chi connectivity index (χ1n) is 18.2. The van der Waals surface area contributed by atoms with E-state index in [4.69, 9.17) is 15.5 Å². The van der Waals surface area contributed by atoms with Gasteiger partial charge in [-0.3, -0.25) is 9.59 Å². The van der Waals surface area contributed by atoms with E-state index in [1.165, 1.54) is 23.7 Å². The van der Waals surface area contributed by atoms with Crippen LogP contribution in [-0.2, 0) is 13.1 Å². The van der Waals surface area contributed by atoms with Crippen LogP contribution in [0.2, 0.25) is 0 Å². The Morgan fingerprint density at radius 3 is 2.46 bits per heavy atom. The second-order valence-corrected chi connectivity index (χ2v) is 15.1. The molecule has 4 fully saturated rings. The molecule has 3 heterocycles. The third kappa shape index (κ3) is 5.20. The molecule has 2 bridgehead atoms. The number of nitrogens with zero attached hydrogens (tertiary/aromatic N) is 5. The summed E-state index contributed by atoms with van der Waals surface area (Å²) in [7, 11) is 1.67. The fourth-order valence-electron chi connectivity index (χ4n) is 9.25. The molecule has 5 aromatic rings. The first kappa shape index (κ1) is 31.1. The fraction of sp³-hybridized carbons (Fsp3) is 0.415. The van der Waals surface area contributed by atoms with Crippen molar-refractivity contribution in [3.8, 4) is 23.3 Å². The summed E-state index contributed by atoms with van der Waals surface area (Å²) >= 11 is 0. The summed E-state index contributed by atoms with van der Waals surface area (Å²) in [5.41, 5.74) is 12.2. The number of aromatic nitrogens is 3. The maximum Gasteiger partial charge on any atom is 0.253 e. The molecular weight excluding hydrogens is 624 g/mol. The number of benzene rings is 3. The molecule has 1 unspecified atom stereocenters. The maximum atomic E-state index is 14.1. The molecule has 3 saturated carbocycles. The van der Waals surface area contributed by atoms with E-state index in [1.807, 2.05) is 17.0 Å². The van der Waals surface area contributed by atoms with Gasteiger partial charge in [0.1, 0.15) is 11.3 Å². The largest absolute Gasteiger partial charge is 0.494 e. The Balaban J connectivity index is 1.12. The number of hydrogen-bond acceptors (Lipinski definition) is 6. The number of rotatable bonds is 9. The van der Waals surface area contributed by atoms with Crippen LogP contribution in [0.1, 0.15) is 64.8 Å². The van der Waals surface area contributed by atoms with Crippen molar-refractivity contribution in [1.29, 1.82) is 5.26 Å². The molecule has 3 aliphatic carbocycles. The summed E-state index contributed by atoms with van der Waals surface area (Å²) in [6.07, 6.45) is 6.34. The molecule has 2 N–H and O–H groups in total. The minimum atomic E-state index is -0.0494. The summed E-state index contributed by atoms with van der Waals surface area (Å²) in [5, 5.41) is 10.4. The highest BCUT2D eigenvalue weighted by molar-refractivity contribution is 6.03. The van der Waals surface area contributed by atoms with E-state index in [-0.39, 0.29) is 35.5 Å². The van der Waals surface area contributed by atoms with Crippen molar-refractivity contribution in [2.45, 2.75) is 57.7 Å². The van der Waals surface area contributed by atoms with E-state index in [0.29, 0.717) is 53.9 Å². The zero-order valence-electron chi connectivity index (χ0n) is 28.4. The van der Waals surface area contributed by atoms with Crippen LogP contribution in [0, 0.1) is 40.9 Å². The topological polar surface area (TPSA) is 119 Å². The lowest BCUT2D eigenvalue weighted by Gasteiger charge is -2.21. The predicted octanol–water partition coefficient (Wildman–Crippen LogP) is 6.67. The van der Waals surface area contributed by atoms with Crippen LogP contribution in [-0.4, -0.2) is 56.9 Å². The smallest absolute Gasteiger partial charge is 0.253 e. The fourth-order valence-corrected chi connectivity index (χ4v) is 9.25. The Morgan fingerprint density at radius 1 is 0.940 bits per heavy atom. The van der Waals surface area contributed by atoms with E-state index in [9.17, 15) is 14.9 Å². The molecule has 50 heavy (non-hydrogen) atoms. The zero-order chi connectivity index (χ0) is 34.1. The van der Waals surface area contributed by atoms with Gasteiger partial charge in [-0.15, -0.1) is 0 Å². The average molecular weight is 667 g/mol. The molecular formula is C41H42N6O3. The predicted molar refractivity (Wildman–Crippen MR) is 192 cm³/mol. The van der Waals surface area contributed by atoms with Crippen LogP contribution < -0.4 is 10.5 Å². The molecule has 254 valence electrons. The van der Waals surface area contributed by atoms with Crippen molar-refractivity contribution in [3.63, 3.8) is 0 Å². The summed E-state index contributed by atoms with van der Waals surface area (Å²) in [4.78, 5) is 34.8. The van der Waals surface area contributed by atoms with Gasteiger partial charge in [0, 0.05) is 60.2 Å². The van der Waals surface area contributed by atoms with Crippen molar-refractivity contribution in [1.82, 2.24) is 19.0 Å². The number of ketones is 1. The summed E-state index contributed by atoms with van der Waals surface area (Å²) in [6.45, 7) is 2.87. The van der Waals surface area contributed by atoms with Gasteiger partial charge in [-0.1, -0.05) is 18.2 Å². The molecule has 3 aromatic carbocycles.